The maximum absolute atomic E-state index is 13.0. The number of hydrogen-bond acceptors (Lipinski definition) is 5. The van der Waals surface area contributed by atoms with Crippen LogP contribution in [0.25, 0.3) is 5.82 Å². The molecule has 1 aliphatic heterocycles. The largest absolute Gasteiger partial charge is 0.496 e. The summed E-state index contributed by atoms with van der Waals surface area (Å²) >= 11 is 0. The Morgan fingerprint density at radius 2 is 1.88 bits per heavy atom. The summed E-state index contributed by atoms with van der Waals surface area (Å²) in [7, 11) is 1.63. The third-order valence-corrected chi connectivity index (χ3v) is 6.08. The van der Waals surface area contributed by atoms with Crippen LogP contribution in [0.2, 0.25) is 0 Å². The Hall–Kier alpha value is -3.40. The average Bonchev–Trinajstić information content (AvgIpc) is 3.49. The van der Waals surface area contributed by atoms with Crippen LogP contribution in [0.3, 0.4) is 0 Å². The van der Waals surface area contributed by atoms with Crippen molar-refractivity contribution in [3.05, 3.63) is 71.2 Å². The SMILES string of the molecule is COc1ccccc1[C@H](CNC(=O)c1cnn(-c2ccc(C(F)(F)F)cn2)c1C)N1CCCC1. The molecular formula is C24H26F3N5O2. The van der Waals surface area contributed by atoms with E-state index in [1.54, 1.807) is 14.0 Å². The second-order valence-electron chi connectivity index (χ2n) is 8.17. The summed E-state index contributed by atoms with van der Waals surface area (Å²) in [5, 5.41) is 7.17. The molecule has 1 amide bonds. The van der Waals surface area contributed by atoms with Crippen LogP contribution in [-0.2, 0) is 6.18 Å². The molecule has 7 nitrogen and oxygen atoms in total. The highest BCUT2D eigenvalue weighted by Crippen LogP contribution is 2.31. The van der Waals surface area contributed by atoms with Gasteiger partial charge in [0.25, 0.3) is 5.91 Å². The van der Waals surface area contributed by atoms with E-state index < -0.39 is 11.7 Å². The van der Waals surface area contributed by atoms with Crippen LogP contribution < -0.4 is 10.1 Å². The molecule has 0 bridgehead atoms. The molecule has 0 unspecified atom stereocenters. The smallest absolute Gasteiger partial charge is 0.417 e. The van der Waals surface area contributed by atoms with Gasteiger partial charge in [0.05, 0.1) is 36.2 Å². The summed E-state index contributed by atoms with van der Waals surface area (Å²) in [4.78, 5) is 19.2. The number of nitrogens with zero attached hydrogens (tertiary/aromatic N) is 4. The molecule has 1 N–H and O–H groups in total. The number of alkyl halides is 3. The number of carbonyl (C=O) groups excluding carboxylic acids is 1. The molecule has 2 aromatic heterocycles. The van der Waals surface area contributed by atoms with Gasteiger partial charge in [0.1, 0.15) is 5.75 Å². The van der Waals surface area contributed by atoms with Gasteiger partial charge in [-0.05, 0) is 51.1 Å². The average molecular weight is 473 g/mol. The molecule has 0 radical (unpaired) electrons. The van der Waals surface area contributed by atoms with Crippen molar-refractivity contribution in [1.29, 1.82) is 0 Å². The Kier molecular flexibility index (Phi) is 6.87. The van der Waals surface area contributed by atoms with E-state index in [1.807, 2.05) is 24.3 Å². The van der Waals surface area contributed by atoms with Crippen molar-refractivity contribution in [2.24, 2.45) is 0 Å². The molecule has 0 aliphatic carbocycles. The fourth-order valence-corrected chi connectivity index (χ4v) is 4.26. The summed E-state index contributed by atoms with van der Waals surface area (Å²) in [6, 6.07) is 9.91. The van der Waals surface area contributed by atoms with Crippen LogP contribution in [-0.4, -0.2) is 52.3 Å². The molecule has 1 fully saturated rings. The third-order valence-electron chi connectivity index (χ3n) is 6.08. The van der Waals surface area contributed by atoms with E-state index in [0.717, 1.165) is 49.5 Å². The first-order valence-corrected chi connectivity index (χ1v) is 11.0. The standard InChI is InChI=1S/C24H26F3N5O2/c1-16-19(14-30-32(16)22-10-9-17(13-28-22)24(25,26)27)23(33)29-15-20(31-11-5-6-12-31)18-7-3-4-8-21(18)34-2/h3-4,7-10,13-14,20H,5-6,11-12,15H2,1-2H3,(H,29,33)/t20-/m0/s1. The first-order chi connectivity index (χ1) is 16.3. The number of pyridine rings is 1. The van der Waals surface area contributed by atoms with E-state index in [2.05, 4.69) is 20.3 Å². The molecular weight excluding hydrogens is 447 g/mol. The number of carbonyl (C=O) groups is 1. The molecule has 1 aromatic carbocycles. The van der Waals surface area contributed by atoms with Gasteiger partial charge in [0, 0.05) is 18.3 Å². The molecule has 4 rings (SSSR count). The van der Waals surface area contributed by atoms with Gasteiger partial charge in [-0.15, -0.1) is 0 Å². The molecule has 0 spiro atoms. The van der Waals surface area contributed by atoms with Gasteiger partial charge < -0.3 is 10.1 Å². The first-order valence-electron chi connectivity index (χ1n) is 11.0. The minimum Gasteiger partial charge on any atom is -0.496 e. The summed E-state index contributed by atoms with van der Waals surface area (Å²) in [6.45, 7) is 3.94. The third kappa shape index (κ3) is 4.91. The van der Waals surface area contributed by atoms with Gasteiger partial charge >= 0.3 is 6.18 Å². The normalized spacial score (nSPS) is 15.3. The highest BCUT2D eigenvalue weighted by molar-refractivity contribution is 5.95. The van der Waals surface area contributed by atoms with Crippen LogP contribution in [0.5, 0.6) is 5.75 Å². The number of hydrogen-bond donors (Lipinski definition) is 1. The fraction of sp³-hybridized carbons (Fsp3) is 0.375. The monoisotopic (exact) mass is 473 g/mol. The number of aromatic nitrogens is 3. The van der Waals surface area contributed by atoms with Crippen molar-refractivity contribution in [3.63, 3.8) is 0 Å². The number of likely N-dealkylation sites (tertiary alicyclic amines) is 1. The Balaban J connectivity index is 1.51. The predicted octanol–water partition coefficient (Wildman–Crippen LogP) is 4.17. The fourth-order valence-electron chi connectivity index (χ4n) is 4.26. The summed E-state index contributed by atoms with van der Waals surface area (Å²) < 4.78 is 45.4. The summed E-state index contributed by atoms with van der Waals surface area (Å²) in [5.41, 5.74) is 0.985. The second-order valence-corrected chi connectivity index (χ2v) is 8.17. The Morgan fingerprint density at radius 3 is 2.53 bits per heavy atom. The first kappa shape index (κ1) is 23.7. The van der Waals surface area contributed by atoms with E-state index in [4.69, 9.17) is 4.74 Å². The lowest BCUT2D eigenvalue weighted by molar-refractivity contribution is -0.137. The van der Waals surface area contributed by atoms with Crippen LogP contribution in [0.15, 0.2) is 48.8 Å². The van der Waals surface area contributed by atoms with E-state index >= 15 is 0 Å². The zero-order valence-corrected chi connectivity index (χ0v) is 19.0. The predicted molar refractivity (Wildman–Crippen MR) is 120 cm³/mol. The van der Waals surface area contributed by atoms with E-state index in [9.17, 15) is 18.0 Å². The number of ether oxygens (including phenoxy) is 1. The number of methoxy groups -OCH3 is 1. The van der Waals surface area contributed by atoms with Crippen molar-refractivity contribution >= 4 is 5.91 Å². The minimum atomic E-state index is -4.47. The maximum atomic E-state index is 13.0. The second kappa shape index (κ2) is 9.84. The maximum Gasteiger partial charge on any atom is 0.417 e. The van der Waals surface area contributed by atoms with Crippen molar-refractivity contribution in [3.8, 4) is 11.6 Å². The van der Waals surface area contributed by atoms with Crippen LogP contribution in [0, 0.1) is 6.92 Å². The Morgan fingerprint density at radius 1 is 1.15 bits per heavy atom. The topological polar surface area (TPSA) is 72.3 Å². The summed E-state index contributed by atoms with van der Waals surface area (Å²) in [5.74, 6) is 0.661. The number of benzene rings is 1. The van der Waals surface area contributed by atoms with Gasteiger partial charge in [-0.25, -0.2) is 9.67 Å². The zero-order chi connectivity index (χ0) is 24.3. The molecule has 1 saturated heterocycles. The van der Waals surface area contributed by atoms with Crippen molar-refractivity contribution < 1.29 is 22.7 Å². The number of rotatable bonds is 7. The number of para-hydroxylation sites is 1. The van der Waals surface area contributed by atoms with Gasteiger partial charge in [-0.2, -0.15) is 18.3 Å². The van der Waals surface area contributed by atoms with E-state index in [0.29, 0.717) is 17.8 Å². The molecule has 0 saturated carbocycles. The van der Waals surface area contributed by atoms with Crippen molar-refractivity contribution in [1.82, 2.24) is 25.0 Å². The molecule has 1 aliphatic rings. The lowest BCUT2D eigenvalue weighted by atomic mass is 10.0. The molecule has 34 heavy (non-hydrogen) atoms. The molecule has 3 heterocycles. The quantitative estimate of drug-likeness (QED) is 0.558. The number of nitrogens with one attached hydrogen (secondary N) is 1. The lowest BCUT2D eigenvalue weighted by Gasteiger charge is -2.29. The van der Waals surface area contributed by atoms with Crippen molar-refractivity contribution in [2.45, 2.75) is 32.0 Å². The molecule has 10 heteroatoms. The Labute approximate surface area is 195 Å². The highest BCUT2D eigenvalue weighted by atomic mass is 19.4. The van der Waals surface area contributed by atoms with Gasteiger partial charge in [-0.1, -0.05) is 18.2 Å². The van der Waals surface area contributed by atoms with E-state index in [1.165, 1.54) is 16.9 Å². The highest BCUT2D eigenvalue weighted by Gasteiger charge is 2.31. The van der Waals surface area contributed by atoms with Gasteiger partial charge in [-0.3, -0.25) is 9.69 Å². The number of halogens is 3. The number of amides is 1. The zero-order valence-electron chi connectivity index (χ0n) is 19.0. The molecule has 3 aromatic rings. The van der Waals surface area contributed by atoms with Crippen LogP contribution >= 0.6 is 0 Å². The van der Waals surface area contributed by atoms with Gasteiger partial charge in [0.2, 0.25) is 0 Å². The molecule has 1 atom stereocenters. The van der Waals surface area contributed by atoms with E-state index in [-0.39, 0.29) is 17.8 Å². The summed E-state index contributed by atoms with van der Waals surface area (Å²) in [6.07, 6.45) is -0.109. The molecule has 180 valence electrons. The lowest BCUT2D eigenvalue weighted by Crippen LogP contribution is -2.37. The minimum absolute atomic E-state index is 0.0467. The van der Waals surface area contributed by atoms with Crippen LogP contribution in [0.1, 0.15) is 46.1 Å². The van der Waals surface area contributed by atoms with Gasteiger partial charge in [0.15, 0.2) is 5.82 Å². The van der Waals surface area contributed by atoms with Crippen molar-refractivity contribution in [2.75, 3.05) is 26.7 Å². The van der Waals surface area contributed by atoms with Crippen LogP contribution in [0.4, 0.5) is 13.2 Å². The Bertz CT molecular complexity index is 1140.